The highest BCUT2D eigenvalue weighted by atomic mass is 16.6. The molecule has 5 heteroatoms. The normalized spacial score (nSPS) is 9.63. The Labute approximate surface area is 110 Å². The Morgan fingerprint density at radius 1 is 1.21 bits per heavy atom. The van der Waals surface area contributed by atoms with Gasteiger partial charge in [-0.05, 0) is 17.7 Å². The first-order valence-corrected chi connectivity index (χ1v) is 5.67. The molecule has 0 aliphatic carbocycles. The Balaban J connectivity index is 2.23. The van der Waals surface area contributed by atoms with Crippen LogP contribution < -0.4 is 5.32 Å². The third-order valence-electron chi connectivity index (χ3n) is 2.65. The number of nitrogens with zero attached hydrogens (tertiary/aromatic N) is 2. The van der Waals surface area contributed by atoms with Gasteiger partial charge in [-0.15, -0.1) is 0 Å². The van der Waals surface area contributed by atoms with Crippen molar-refractivity contribution in [3.8, 4) is 6.07 Å². The number of rotatable bonds is 4. The quantitative estimate of drug-likeness (QED) is 0.670. The van der Waals surface area contributed by atoms with Crippen LogP contribution in [0.4, 0.5) is 11.4 Å². The summed E-state index contributed by atoms with van der Waals surface area (Å²) in [5.41, 5.74) is 1.73. The van der Waals surface area contributed by atoms with Gasteiger partial charge in [0.25, 0.3) is 5.69 Å². The average molecular weight is 253 g/mol. The number of hydrogen-bond acceptors (Lipinski definition) is 4. The molecule has 2 rings (SSSR count). The fourth-order valence-electron chi connectivity index (χ4n) is 1.70. The van der Waals surface area contributed by atoms with E-state index >= 15 is 0 Å². The van der Waals surface area contributed by atoms with Crippen molar-refractivity contribution >= 4 is 11.4 Å². The second kappa shape index (κ2) is 5.65. The minimum Gasteiger partial charge on any atom is -0.375 e. The van der Waals surface area contributed by atoms with E-state index in [1.807, 2.05) is 36.4 Å². The largest absolute Gasteiger partial charge is 0.375 e. The van der Waals surface area contributed by atoms with Gasteiger partial charge < -0.3 is 5.32 Å². The highest BCUT2D eigenvalue weighted by Gasteiger charge is 2.13. The number of hydrogen-bond donors (Lipinski definition) is 1. The summed E-state index contributed by atoms with van der Waals surface area (Å²) in [6, 6.07) is 15.8. The third kappa shape index (κ3) is 3.07. The minimum atomic E-state index is -0.464. The van der Waals surface area contributed by atoms with E-state index in [4.69, 9.17) is 5.26 Å². The molecule has 0 saturated heterocycles. The molecular formula is C14H11N3O2. The topological polar surface area (TPSA) is 79.0 Å². The summed E-state index contributed by atoms with van der Waals surface area (Å²) in [6.45, 7) is 0.469. The Bertz CT molecular complexity index is 633. The van der Waals surface area contributed by atoms with E-state index in [1.54, 1.807) is 0 Å². The van der Waals surface area contributed by atoms with Crippen LogP contribution in [0.15, 0.2) is 48.5 Å². The number of nitro benzene ring substituents is 1. The van der Waals surface area contributed by atoms with Gasteiger partial charge in [0.2, 0.25) is 0 Å². The van der Waals surface area contributed by atoms with Crippen LogP contribution in [0, 0.1) is 21.4 Å². The average Bonchev–Trinajstić information content (AvgIpc) is 2.45. The molecule has 0 spiro atoms. The smallest absolute Gasteiger partial charge is 0.292 e. The molecule has 2 aromatic rings. The number of anilines is 1. The summed E-state index contributed by atoms with van der Waals surface area (Å²) < 4.78 is 0. The minimum absolute atomic E-state index is 0.0325. The molecule has 0 radical (unpaired) electrons. The summed E-state index contributed by atoms with van der Waals surface area (Å²) in [6.07, 6.45) is 0. The van der Waals surface area contributed by atoms with Crippen molar-refractivity contribution in [1.82, 2.24) is 0 Å². The van der Waals surface area contributed by atoms with Crippen LogP contribution >= 0.6 is 0 Å². The zero-order chi connectivity index (χ0) is 13.7. The van der Waals surface area contributed by atoms with Gasteiger partial charge in [0.1, 0.15) is 5.69 Å². The fourth-order valence-corrected chi connectivity index (χ4v) is 1.70. The molecule has 0 saturated carbocycles. The second-order valence-corrected chi connectivity index (χ2v) is 3.94. The van der Waals surface area contributed by atoms with Crippen LogP contribution in [0.1, 0.15) is 11.1 Å². The number of nitro groups is 1. The maximum absolute atomic E-state index is 10.9. The van der Waals surface area contributed by atoms with E-state index in [0.717, 1.165) is 5.56 Å². The van der Waals surface area contributed by atoms with Crippen molar-refractivity contribution in [1.29, 1.82) is 5.26 Å². The maximum atomic E-state index is 10.9. The first-order valence-electron chi connectivity index (χ1n) is 5.67. The summed E-state index contributed by atoms with van der Waals surface area (Å²) in [7, 11) is 0. The molecule has 5 nitrogen and oxygen atoms in total. The van der Waals surface area contributed by atoms with Gasteiger partial charge in [0.05, 0.1) is 16.6 Å². The number of benzene rings is 2. The Morgan fingerprint density at radius 2 is 1.95 bits per heavy atom. The van der Waals surface area contributed by atoms with Crippen LogP contribution in [-0.2, 0) is 6.54 Å². The van der Waals surface area contributed by atoms with Gasteiger partial charge in [-0.1, -0.05) is 30.3 Å². The van der Waals surface area contributed by atoms with Crippen LogP contribution in [0.2, 0.25) is 0 Å². The lowest BCUT2D eigenvalue weighted by molar-refractivity contribution is -0.384. The zero-order valence-electron chi connectivity index (χ0n) is 10.0. The molecule has 0 atom stereocenters. The van der Waals surface area contributed by atoms with Crippen molar-refractivity contribution in [3.63, 3.8) is 0 Å². The summed E-state index contributed by atoms with van der Waals surface area (Å²) in [5.74, 6) is 0. The van der Waals surface area contributed by atoms with Crippen molar-refractivity contribution in [2.45, 2.75) is 6.54 Å². The Hall–Kier alpha value is -2.87. The molecule has 0 bridgehead atoms. The molecule has 0 aliphatic heterocycles. The van der Waals surface area contributed by atoms with Crippen LogP contribution in [0.5, 0.6) is 0 Å². The van der Waals surface area contributed by atoms with Gasteiger partial charge in [0.15, 0.2) is 0 Å². The number of nitriles is 1. The van der Waals surface area contributed by atoms with Crippen molar-refractivity contribution in [2.75, 3.05) is 5.32 Å². The van der Waals surface area contributed by atoms with E-state index in [2.05, 4.69) is 5.32 Å². The van der Waals surface area contributed by atoms with E-state index in [-0.39, 0.29) is 5.69 Å². The molecule has 0 aliphatic rings. The van der Waals surface area contributed by atoms with Crippen LogP contribution in [0.25, 0.3) is 0 Å². The van der Waals surface area contributed by atoms with E-state index in [1.165, 1.54) is 18.2 Å². The SMILES string of the molecule is N#Cc1ccc([N+](=O)[O-])c(NCc2ccccc2)c1. The zero-order valence-corrected chi connectivity index (χ0v) is 10.0. The molecule has 19 heavy (non-hydrogen) atoms. The predicted molar refractivity (Wildman–Crippen MR) is 71.6 cm³/mol. The second-order valence-electron chi connectivity index (χ2n) is 3.94. The monoisotopic (exact) mass is 253 g/mol. The van der Waals surface area contributed by atoms with E-state index < -0.39 is 4.92 Å². The van der Waals surface area contributed by atoms with Gasteiger partial charge >= 0.3 is 0 Å². The summed E-state index contributed by atoms with van der Waals surface area (Å²) in [4.78, 5) is 10.5. The molecule has 0 amide bonds. The third-order valence-corrected chi connectivity index (χ3v) is 2.65. The molecule has 1 N–H and O–H groups in total. The number of nitrogens with one attached hydrogen (secondary N) is 1. The van der Waals surface area contributed by atoms with Crippen molar-refractivity contribution in [2.24, 2.45) is 0 Å². The van der Waals surface area contributed by atoms with Crippen molar-refractivity contribution < 1.29 is 4.92 Å². The highest BCUT2D eigenvalue weighted by Crippen LogP contribution is 2.25. The molecule has 2 aromatic carbocycles. The predicted octanol–water partition coefficient (Wildman–Crippen LogP) is 3.08. The fraction of sp³-hybridized carbons (Fsp3) is 0.0714. The molecule has 0 fully saturated rings. The molecule has 0 unspecified atom stereocenters. The molecule has 94 valence electrons. The molecular weight excluding hydrogens is 242 g/mol. The lowest BCUT2D eigenvalue weighted by Crippen LogP contribution is -2.02. The van der Waals surface area contributed by atoms with E-state index in [9.17, 15) is 10.1 Å². The molecule has 0 heterocycles. The van der Waals surface area contributed by atoms with E-state index in [0.29, 0.717) is 17.8 Å². The molecule has 0 aromatic heterocycles. The lowest BCUT2D eigenvalue weighted by Gasteiger charge is -2.07. The van der Waals surface area contributed by atoms with Crippen molar-refractivity contribution in [3.05, 3.63) is 69.8 Å². The summed E-state index contributed by atoms with van der Waals surface area (Å²) >= 11 is 0. The lowest BCUT2D eigenvalue weighted by atomic mass is 10.1. The van der Waals surface area contributed by atoms with Gasteiger partial charge in [-0.2, -0.15) is 5.26 Å². The van der Waals surface area contributed by atoms with Gasteiger partial charge in [0, 0.05) is 12.6 Å². The highest BCUT2D eigenvalue weighted by molar-refractivity contribution is 5.64. The van der Waals surface area contributed by atoms with Crippen LogP contribution in [-0.4, -0.2) is 4.92 Å². The van der Waals surface area contributed by atoms with Gasteiger partial charge in [-0.25, -0.2) is 0 Å². The standard InChI is InChI=1S/C14H11N3O2/c15-9-12-6-7-14(17(18)19)13(8-12)16-10-11-4-2-1-3-5-11/h1-8,16H,10H2. The maximum Gasteiger partial charge on any atom is 0.292 e. The first kappa shape index (κ1) is 12.6. The van der Waals surface area contributed by atoms with Gasteiger partial charge in [-0.3, -0.25) is 10.1 Å². The first-order chi connectivity index (χ1) is 9.20. The van der Waals surface area contributed by atoms with Crippen LogP contribution in [0.3, 0.4) is 0 Å². The Kier molecular flexibility index (Phi) is 3.74. The summed E-state index contributed by atoms with van der Waals surface area (Å²) in [5, 5.41) is 22.7. The Morgan fingerprint density at radius 3 is 2.58 bits per heavy atom.